The molecule has 0 amide bonds. The van der Waals surface area contributed by atoms with Crippen molar-refractivity contribution >= 4 is 11.7 Å². The molecular formula is C17H18FNO2. The molecule has 4 heteroatoms. The van der Waals surface area contributed by atoms with Crippen LogP contribution in [0, 0.1) is 26.6 Å². The zero-order valence-electron chi connectivity index (χ0n) is 12.3. The van der Waals surface area contributed by atoms with Crippen molar-refractivity contribution in [1.29, 1.82) is 0 Å². The second kappa shape index (κ2) is 5.95. The van der Waals surface area contributed by atoms with Crippen LogP contribution in [0.25, 0.3) is 0 Å². The number of rotatable bonds is 4. The largest absolute Gasteiger partial charge is 0.479 e. The zero-order chi connectivity index (χ0) is 15.6. The minimum Gasteiger partial charge on any atom is -0.479 e. The highest BCUT2D eigenvalue weighted by atomic mass is 19.1. The molecule has 21 heavy (non-hydrogen) atoms. The summed E-state index contributed by atoms with van der Waals surface area (Å²) in [5.74, 6) is -1.38. The van der Waals surface area contributed by atoms with Crippen molar-refractivity contribution in [2.45, 2.75) is 26.8 Å². The summed E-state index contributed by atoms with van der Waals surface area (Å²) in [5, 5.41) is 12.4. The number of aryl methyl sites for hydroxylation is 3. The molecule has 2 rings (SSSR count). The maximum Gasteiger partial charge on any atom is 0.330 e. The molecule has 2 aromatic carbocycles. The summed E-state index contributed by atoms with van der Waals surface area (Å²) in [6.45, 7) is 5.54. The van der Waals surface area contributed by atoms with Gasteiger partial charge in [-0.2, -0.15) is 0 Å². The summed E-state index contributed by atoms with van der Waals surface area (Å²) in [6.07, 6.45) is 0. The van der Waals surface area contributed by atoms with Crippen molar-refractivity contribution < 1.29 is 14.3 Å². The Morgan fingerprint density at radius 1 is 1.10 bits per heavy atom. The highest BCUT2D eigenvalue weighted by Gasteiger charge is 2.21. The minimum atomic E-state index is -0.995. The van der Waals surface area contributed by atoms with Gasteiger partial charge in [0.15, 0.2) is 6.04 Å². The smallest absolute Gasteiger partial charge is 0.330 e. The normalized spacial score (nSPS) is 12.0. The molecule has 0 aliphatic carbocycles. The highest BCUT2D eigenvalue weighted by Crippen LogP contribution is 2.25. The summed E-state index contributed by atoms with van der Waals surface area (Å²) in [4.78, 5) is 11.6. The van der Waals surface area contributed by atoms with Gasteiger partial charge in [0.05, 0.1) is 0 Å². The van der Waals surface area contributed by atoms with Crippen molar-refractivity contribution in [2.75, 3.05) is 5.32 Å². The van der Waals surface area contributed by atoms with Gasteiger partial charge in [-0.15, -0.1) is 0 Å². The van der Waals surface area contributed by atoms with E-state index in [1.807, 2.05) is 32.0 Å². The third-order valence-electron chi connectivity index (χ3n) is 3.35. The molecule has 2 N–H and O–H groups in total. The lowest BCUT2D eigenvalue weighted by Gasteiger charge is -2.19. The molecule has 0 bridgehead atoms. The van der Waals surface area contributed by atoms with E-state index in [4.69, 9.17) is 0 Å². The van der Waals surface area contributed by atoms with E-state index in [-0.39, 0.29) is 5.82 Å². The molecule has 0 fully saturated rings. The Bertz CT molecular complexity index is 662. The van der Waals surface area contributed by atoms with Crippen LogP contribution in [0.2, 0.25) is 0 Å². The van der Waals surface area contributed by atoms with E-state index in [0.717, 1.165) is 16.7 Å². The lowest BCUT2D eigenvalue weighted by atomic mass is 9.98. The van der Waals surface area contributed by atoms with Gasteiger partial charge in [0.25, 0.3) is 0 Å². The molecule has 0 aromatic heterocycles. The Hall–Kier alpha value is -2.36. The number of hydrogen-bond donors (Lipinski definition) is 2. The van der Waals surface area contributed by atoms with Gasteiger partial charge in [-0.3, -0.25) is 0 Å². The topological polar surface area (TPSA) is 49.3 Å². The minimum absolute atomic E-state index is 0.386. The molecule has 3 nitrogen and oxygen atoms in total. The number of carbonyl (C=O) groups is 1. The van der Waals surface area contributed by atoms with Crippen LogP contribution in [0.3, 0.4) is 0 Å². The first-order chi connectivity index (χ1) is 9.86. The summed E-state index contributed by atoms with van der Waals surface area (Å²) in [6, 6.07) is 9.18. The summed E-state index contributed by atoms with van der Waals surface area (Å²) in [5.41, 5.74) is 3.75. The van der Waals surface area contributed by atoms with Gasteiger partial charge >= 0.3 is 5.97 Å². The van der Waals surface area contributed by atoms with Crippen LogP contribution in [0.1, 0.15) is 28.3 Å². The molecule has 0 heterocycles. The molecule has 110 valence electrons. The van der Waals surface area contributed by atoms with Gasteiger partial charge in [0, 0.05) is 5.69 Å². The number of halogens is 1. The number of anilines is 1. The van der Waals surface area contributed by atoms with E-state index in [0.29, 0.717) is 11.3 Å². The molecule has 2 aromatic rings. The second-order valence-corrected chi connectivity index (χ2v) is 5.29. The van der Waals surface area contributed by atoms with E-state index in [9.17, 15) is 14.3 Å². The molecule has 1 atom stereocenters. The number of hydrogen-bond acceptors (Lipinski definition) is 2. The average molecular weight is 287 g/mol. The summed E-state index contributed by atoms with van der Waals surface area (Å²) in [7, 11) is 0. The molecule has 0 saturated heterocycles. The molecule has 0 radical (unpaired) electrons. The lowest BCUT2D eigenvalue weighted by molar-refractivity contribution is -0.138. The summed E-state index contributed by atoms with van der Waals surface area (Å²) >= 11 is 0. The standard InChI is InChI=1S/C17H18FNO2/c1-10-4-5-12(3)15(8-10)16(17(20)21)19-14-7-11(2)6-13(18)9-14/h4-9,16,19H,1-3H3,(H,20,21). The fourth-order valence-corrected chi connectivity index (χ4v) is 2.33. The van der Waals surface area contributed by atoms with Gasteiger partial charge < -0.3 is 10.4 Å². The van der Waals surface area contributed by atoms with E-state index in [1.54, 1.807) is 13.0 Å². The molecule has 0 saturated carbocycles. The van der Waals surface area contributed by atoms with E-state index >= 15 is 0 Å². The second-order valence-electron chi connectivity index (χ2n) is 5.29. The van der Waals surface area contributed by atoms with Gasteiger partial charge in [-0.1, -0.05) is 23.8 Å². The van der Waals surface area contributed by atoms with Gasteiger partial charge in [0.1, 0.15) is 5.82 Å². The first-order valence-electron chi connectivity index (χ1n) is 6.70. The lowest BCUT2D eigenvalue weighted by Crippen LogP contribution is -2.21. The van der Waals surface area contributed by atoms with Crippen molar-refractivity contribution in [3.05, 3.63) is 64.5 Å². The molecule has 0 aliphatic rings. The first kappa shape index (κ1) is 15.0. The van der Waals surface area contributed by atoms with E-state index in [1.165, 1.54) is 12.1 Å². The number of benzene rings is 2. The Morgan fingerprint density at radius 2 is 1.81 bits per heavy atom. The molecule has 1 unspecified atom stereocenters. The Labute approximate surface area is 123 Å². The Kier molecular flexibility index (Phi) is 4.26. The number of aliphatic carboxylic acids is 1. The third kappa shape index (κ3) is 3.60. The maximum atomic E-state index is 13.4. The Balaban J connectivity index is 2.40. The number of nitrogens with one attached hydrogen (secondary N) is 1. The van der Waals surface area contributed by atoms with Crippen LogP contribution in [0.5, 0.6) is 0 Å². The number of carboxylic acids is 1. The molecule has 0 aliphatic heterocycles. The monoisotopic (exact) mass is 287 g/mol. The van der Waals surface area contributed by atoms with Gasteiger partial charge in [-0.25, -0.2) is 9.18 Å². The zero-order valence-corrected chi connectivity index (χ0v) is 12.3. The highest BCUT2D eigenvalue weighted by molar-refractivity contribution is 5.80. The average Bonchev–Trinajstić information content (AvgIpc) is 2.37. The predicted molar refractivity (Wildman–Crippen MR) is 81.1 cm³/mol. The molecule has 0 spiro atoms. The van der Waals surface area contributed by atoms with Crippen LogP contribution < -0.4 is 5.32 Å². The fourth-order valence-electron chi connectivity index (χ4n) is 2.33. The van der Waals surface area contributed by atoms with Crippen LogP contribution in [-0.2, 0) is 4.79 Å². The quantitative estimate of drug-likeness (QED) is 0.894. The number of carboxylic acid groups (broad SMARTS) is 1. The predicted octanol–water partition coefficient (Wildman–Crippen LogP) is 3.99. The SMILES string of the molecule is Cc1cc(F)cc(NC(C(=O)O)c2cc(C)ccc2C)c1. The fraction of sp³-hybridized carbons (Fsp3) is 0.235. The van der Waals surface area contributed by atoms with Crippen LogP contribution >= 0.6 is 0 Å². The maximum absolute atomic E-state index is 13.4. The van der Waals surface area contributed by atoms with Crippen molar-refractivity contribution in [3.8, 4) is 0 Å². The Morgan fingerprint density at radius 3 is 2.43 bits per heavy atom. The molecular weight excluding hydrogens is 269 g/mol. The van der Waals surface area contributed by atoms with Crippen LogP contribution in [0.4, 0.5) is 10.1 Å². The summed E-state index contributed by atoms with van der Waals surface area (Å²) < 4.78 is 13.4. The van der Waals surface area contributed by atoms with Crippen molar-refractivity contribution in [2.24, 2.45) is 0 Å². The van der Waals surface area contributed by atoms with Crippen LogP contribution in [-0.4, -0.2) is 11.1 Å². The van der Waals surface area contributed by atoms with E-state index < -0.39 is 12.0 Å². The first-order valence-corrected chi connectivity index (χ1v) is 6.70. The van der Waals surface area contributed by atoms with Crippen LogP contribution in [0.15, 0.2) is 36.4 Å². The van der Waals surface area contributed by atoms with Crippen molar-refractivity contribution in [3.63, 3.8) is 0 Å². The van der Waals surface area contributed by atoms with E-state index in [2.05, 4.69) is 5.32 Å². The van der Waals surface area contributed by atoms with Gasteiger partial charge in [-0.05, 0) is 55.7 Å². The van der Waals surface area contributed by atoms with Crippen molar-refractivity contribution in [1.82, 2.24) is 0 Å². The van der Waals surface area contributed by atoms with Gasteiger partial charge in [0.2, 0.25) is 0 Å². The third-order valence-corrected chi connectivity index (χ3v) is 3.35.